The lowest BCUT2D eigenvalue weighted by atomic mass is 10.1. The van der Waals surface area contributed by atoms with Crippen LogP contribution in [-0.4, -0.2) is 51.9 Å². The zero-order valence-electron chi connectivity index (χ0n) is 20.0. The van der Waals surface area contributed by atoms with Gasteiger partial charge in [-0.15, -0.1) is 0 Å². The largest absolute Gasteiger partial charge is 0.497 e. The number of hydrogen-bond donors (Lipinski definition) is 1. The lowest BCUT2D eigenvalue weighted by Crippen LogP contribution is -2.38. The first-order chi connectivity index (χ1) is 16.8. The van der Waals surface area contributed by atoms with E-state index in [1.807, 2.05) is 13.8 Å². The summed E-state index contributed by atoms with van der Waals surface area (Å²) in [6.07, 6.45) is 0. The van der Waals surface area contributed by atoms with Crippen LogP contribution in [0.4, 0.5) is 11.4 Å². The normalized spacial score (nSPS) is 10.9. The van der Waals surface area contributed by atoms with Crippen LogP contribution >= 0.6 is 0 Å². The average Bonchev–Trinajstić information content (AvgIpc) is 2.88. The Morgan fingerprint density at radius 1 is 0.857 bits per heavy atom. The lowest BCUT2D eigenvalue weighted by Gasteiger charge is -2.25. The van der Waals surface area contributed by atoms with Gasteiger partial charge in [-0.2, -0.15) is 0 Å². The minimum atomic E-state index is -4.07. The molecule has 1 N–H and O–H groups in total. The fraction of sp³-hybridized carbons (Fsp3) is 0.231. The second-order valence-corrected chi connectivity index (χ2v) is 9.46. The van der Waals surface area contributed by atoms with Crippen molar-refractivity contribution in [3.63, 3.8) is 0 Å². The molecule has 0 fully saturated rings. The first kappa shape index (κ1) is 25.8. The summed E-state index contributed by atoms with van der Waals surface area (Å²) in [6.45, 7) is 4.33. The monoisotopic (exact) mass is 495 g/mol. The number of nitrogens with zero attached hydrogens (tertiary/aromatic N) is 2. The summed E-state index contributed by atoms with van der Waals surface area (Å²) in [6, 6.07) is 21.0. The van der Waals surface area contributed by atoms with Gasteiger partial charge >= 0.3 is 0 Å². The number of carbonyl (C=O) groups excluding carboxylic acids is 2. The first-order valence-corrected chi connectivity index (χ1v) is 12.7. The van der Waals surface area contributed by atoms with Gasteiger partial charge < -0.3 is 15.0 Å². The molecule has 184 valence electrons. The van der Waals surface area contributed by atoms with E-state index < -0.39 is 22.5 Å². The summed E-state index contributed by atoms with van der Waals surface area (Å²) < 4.78 is 33.2. The number of sulfonamides is 1. The zero-order valence-corrected chi connectivity index (χ0v) is 20.8. The van der Waals surface area contributed by atoms with Gasteiger partial charge in [0, 0.05) is 13.1 Å². The van der Waals surface area contributed by atoms with Gasteiger partial charge in [0.15, 0.2) is 0 Å². The molecule has 0 spiro atoms. The number of rotatable bonds is 10. The van der Waals surface area contributed by atoms with E-state index in [1.54, 1.807) is 71.6 Å². The zero-order chi connectivity index (χ0) is 25.4. The van der Waals surface area contributed by atoms with E-state index >= 15 is 0 Å². The summed E-state index contributed by atoms with van der Waals surface area (Å²) >= 11 is 0. The molecule has 3 aromatic carbocycles. The SMILES string of the molecule is CCN(CC)C(=O)c1ccccc1NC(=O)CN(c1ccccc1)S(=O)(=O)c1ccc(OC)cc1. The molecule has 0 saturated heterocycles. The van der Waals surface area contributed by atoms with Crippen LogP contribution in [-0.2, 0) is 14.8 Å². The lowest BCUT2D eigenvalue weighted by molar-refractivity contribution is -0.114. The van der Waals surface area contributed by atoms with E-state index in [0.717, 1.165) is 4.31 Å². The highest BCUT2D eigenvalue weighted by Gasteiger charge is 2.28. The molecule has 0 unspecified atom stereocenters. The van der Waals surface area contributed by atoms with Crippen LogP contribution in [0.1, 0.15) is 24.2 Å². The van der Waals surface area contributed by atoms with Crippen molar-refractivity contribution in [1.82, 2.24) is 4.90 Å². The molecule has 0 heterocycles. The molecule has 9 heteroatoms. The molecule has 0 aliphatic rings. The first-order valence-electron chi connectivity index (χ1n) is 11.2. The molecule has 3 rings (SSSR count). The maximum absolute atomic E-state index is 13.5. The molecular formula is C26H29N3O5S. The Bertz CT molecular complexity index is 1260. The van der Waals surface area contributed by atoms with Crippen LogP contribution in [0, 0.1) is 0 Å². The van der Waals surface area contributed by atoms with Crippen LogP contribution in [0.25, 0.3) is 0 Å². The van der Waals surface area contributed by atoms with E-state index in [1.165, 1.54) is 19.2 Å². The number of nitrogens with one attached hydrogen (secondary N) is 1. The van der Waals surface area contributed by atoms with Gasteiger partial charge in [-0.1, -0.05) is 30.3 Å². The number of benzene rings is 3. The summed E-state index contributed by atoms with van der Waals surface area (Å²) in [5, 5.41) is 2.72. The van der Waals surface area contributed by atoms with Crippen LogP contribution in [0.2, 0.25) is 0 Å². The van der Waals surface area contributed by atoms with Crippen molar-refractivity contribution >= 4 is 33.2 Å². The van der Waals surface area contributed by atoms with Crippen molar-refractivity contribution in [3.05, 3.63) is 84.4 Å². The van der Waals surface area contributed by atoms with E-state index in [0.29, 0.717) is 35.8 Å². The van der Waals surface area contributed by atoms with Crippen molar-refractivity contribution in [2.24, 2.45) is 0 Å². The second-order valence-electron chi connectivity index (χ2n) is 7.59. The molecule has 0 bridgehead atoms. The molecule has 0 aliphatic heterocycles. The molecule has 0 radical (unpaired) electrons. The number of ether oxygens (including phenoxy) is 1. The number of amides is 2. The Morgan fingerprint density at radius 3 is 2.06 bits per heavy atom. The van der Waals surface area contributed by atoms with Crippen LogP contribution in [0.3, 0.4) is 0 Å². The molecule has 0 aromatic heterocycles. The molecule has 35 heavy (non-hydrogen) atoms. The third-order valence-electron chi connectivity index (χ3n) is 5.46. The predicted molar refractivity (Wildman–Crippen MR) is 136 cm³/mol. The fourth-order valence-corrected chi connectivity index (χ4v) is 4.99. The molecule has 0 aliphatic carbocycles. The van der Waals surface area contributed by atoms with Gasteiger partial charge in [-0.25, -0.2) is 8.42 Å². The van der Waals surface area contributed by atoms with Crippen LogP contribution in [0.5, 0.6) is 5.75 Å². The summed E-state index contributed by atoms with van der Waals surface area (Å²) in [7, 11) is -2.58. The van der Waals surface area contributed by atoms with Crippen molar-refractivity contribution in [1.29, 1.82) is 0 Å². The molecule has 0 atom stereocenters. The second kappa shape index (κ2) is 11.5. The number of methoxy groups -OCH3 is 1. The Morgan fingerprint density at radius 2 is 1.46 bits per heavy atom. The van der Waals surface area contributed by atoms with Gasteiger partial charge in [0.2, 0.25) is 5.91 Å². The Labute approximate surface area is 206 Å². The minimum Gasteiger partial charge on any atom is -0.497 e. The van der Waals surface area contributed by atoms with Crippen molar-refractivity contribution in [2.45, 2.75) is 18.7 Å². The topological polar surface area (TPSA) is 96.0 Å². The Kier molecular flexibility index (Phi) is 8.48. The summed E-state index contributed by atoms with van der Waals surface area (Å²) in [4.78, 5) is 27.7. The van der Waals surface area contributed by atoms with E-state index in [2.05, 4.69) is 5.32 Å². The maximum atomic E-state index is 13.5. The smallest absolute Gasteiger partial charge is 0.264 e. The molecule has 0 saturated carbocycles. The van der Waals surface area contributed by atoms with Crippen molar-refractivity contribution < 1.29 is 22.7 Å². The molecular weight excluding hydrogens is 466 g/mol. The van der Waals surface area contributed by atoms with Gasteiger partial charge in [0.1, 0.15) is 12.3 Å². The predicted octanol–water partition coefficient (Wildman–Crippen LogP) is 4.01. The quantitative estimate of drug-likeness (QED) is 0.459. The van der Waals surface area contributed by atoms with Crippen molar-refractivity contribution in [3.8, 4) is 5.75 Å². The van der Waals surface area contributed by atoms with Gasteiger partial charge in [0.25, 0.3) is 15.9 Å². The average molecular weight is 496 g/mol. The molecule has 2 amide bonds. The van der Waals surface area contributed by atoms with E-state index in [9.17, 15) is 18.0 Å². The van der Waals surface area contributed by atoms with E-state index in [4.69, 9.17) is 4.74 Å². The standard InChI is InChI=1S/C26H29N3O5S/c1-4-28(5-2)26(31)23-13-9-10-14-24(23)27-25(30)19-29(20-11-7-6-8-12-20)35(32,33)22-17-15-21(34-3)16-18-22/h6-18H,4-5,19H2,1-3H3,(H,27,30). The molecule has 3 aromatic rings. The number of para-hydroxylation sites is 2. The highest BCUT2D eigenvalue weighted by Crippen LogP contribution is 2.25. The minimum absolute atomic E-state index is 0.0204. The van der Waals surface area contributed by atoms with Crippen molar-refractivity contribution in [2.75, 3.05) is 36.4 Å². The third-order valence-corrected chi connectivity index (χ3v) is 7.25. The highest BCUT2D eigenvalue weighted by atomic mass is 32.2. The van der Waals surface area contributed by atoms with Gasteiger partial charge in [0.05, 0.1) is 28.9 Å². The fourth-order valence-electron chi connectivity index (χ4n) is 3.56. The van der Waals surface area contributed by atoms with Gasteiger partial charge in [-0.05, 0) is 62.4 Å². The number of anilines is 2. The third kappa shape index (κ3) is 5.99. The van der Waals surface area contributed by atoms with Crippen LogP contribution in [0.15, 0.2) is 83.8 Å². The summed E-state index contributed by atoms with van der Waals surface area (Å²) in [5.74, 6) is -0.273. The van der Waals surface area contributed by atoms with Gasteiger partial charge in [-0.3, -0.25) is 13.9 Å². The maximum Gasteiger partial charge on any atom is 0.264 e. The summed E-state index contributed by atoms with van der Waals surface area (Å²) in [5.41, 5.74) is 1.00. The van der Waals surface area contributed by atoms with E-state index in [-0.39, 0.29) is 10.8 Å². The number of carbonyl (C=O) groups is 2. The Balaban J connectivity index is 1.91. The Hall–Kier alpha value is -3.85. The van der Waals surface area contributed by atoms with Crippen LogP contribution < -0.4 is 14.4 Å². The molecule has 8 nitrogen and oxygen atoms in total. The number of hydrogen-bond acceptors (Lipinski definition) is 5. The highest BCUT2D eigenvalue weighted by molar-refractivity contribution is 7.92.